The number of hydrogen-bond donors (Lipinski definition) is 1. The zero-order valence-electron chi connectivity index (χ0n) is 11.6. The van der Waals surface area contributed by atoms with Gasteiger partial charge in [0.15, 0.2) is 0 Å². The molecule has 20 heavy (non-hydrogen) atoms. The molecule has 0 saturated carbocycles. The average molecular weight is 262 g/mol. The Morgan fingerprint density at radius 2 is 1.45 bits per heavy atom. The summed E-state index contributed by atoms with van der Waals surface area (Å²) in [6.45, 7) is 3.02. The highest BCUT2D eigenvalue weighted by Crippen LogP contribution is 2.34. The monoisotopic (exact) mass is 262 g/mol. The second kappa shape index (κ2) is 5.25. The summed E-state index contributed by atoms with van der Waals surface area (Å²) < 4.78 is 0. The molecule has 0 fully saturated rings. The molecule has 3 aromatic rings. The minimum atomic E-state index is 0.808. The van der Waals surface area contributed by atoms with Gasteiger partial charge in [0.1, 0.15) is 0 Å². The summed E-state index contributed by atoms with van der Waals surface area (Å²) in [5.74, 6) is 0. The Balaban J connectivity index is 2.20. The van der Waals surface area contributed by atoms with Crippen LogP contribution in [0.15, 0.2) is 66.7 Å². The SMILES string of the molecule is CCN(c1ccccc1N)c1cccc2ccccc12. The van der Waals surface area contributed by atoms with E-state index in [-0.39, 0.29) is 0 Å². The zero-order valence-corrected chi connectivity index (χ0v) is 11.6. The quantitative estimate of drug-likeness (QED) is 0.700. The molecule has 0 bridgehead atoms. The molecule has 0 aliphatic carbocycles. The van der Waals surface area contributed by atoms with Gasteiger partial charge in [0.05, 0.1) is 11.4 Å². The van der Waals surface area contributed by atoms with Gasteiger partial charge in [-0.3, -0.25) is 0 Å². The van der Waals surface area contributed by atoms with Crippen LogP contribution in [-0.2, 0) is 0 Å². The van der Waals surface area contributed by atoms with Crippen LogP contribution in [0.3, 0.4) is 0 Å². The maximum Gasteiger partial charge on any atom is 0.0644 e. The molecule has 0 spiro atoms. The van der Waals surface area contributed by atoms with Gasteiger partial charge in [-0.15, -0.1) is 0 Å². The summed E-state index contributed by atoms with van der Waals surface area (Å²) in [5, 5.41) is 2.50. The van der Waals surface area contributed by atoms with E-state index in [4.69, 9.17) is 5.73 Å². The van der Waals surface area contributed by atoms with E-state index in [0.29, 0.717) is 0 Å². The minimum Gasteiger partial charge on any atom is -0.397 e. The number of fused-ring (bicyclic) bond motifs is 1. The van der Waals surface area contributed by atoms with Gasteiger partial charge < -0.3 is 10.6 Å². The lowest BCUT2D eigenvalue weighted by atomic mass is 10.1. The van der Waals surface area contributed by atoms with E-state index in [2.05, 4.69) is 60.4 Å². The fourth-order valence-corrected chi connectivity index (χ4v) is 2.65. The summed E-state index contributed by atoms with van der Waals surface area (Å²) >= 11 is 0. The standard InChI is InChI=1S/C18H18N2/c1-2-20(18-12-6-5-11-16(18)19)17-13-7-9-14-8-3-4-10-15(14)17/h3-13H,2,19H2,1H3. The summed E-state index contributed by atoms with van der Waals surface area (Å²) in [7, 11) is 0. The molecule has 0 aromatic heterocycles. The van der Waals surface area contributed by atoms with Crippen molar-refractivity contribution < 1.29 is 0 Å². The molecule has 0 radical (unpaired) electrons. The zero-order chi connectivity index (χ0) is 13.9. The highest BCUT2D eigenvalue weighted by atomic mass is 15.1. The van der Waals surface area contributed by atoms with Crippen LogP contribution >= 0.6 is 0 Å². The molecule has 2 N–H and O–H groups in total. The van der Waals surface area contributed by atoms with Crippen molar-refractivity contribution in [2.45, 2.75) is 6.92 Å². The summed E-state index contributed by atoms with van der Waals surface area (Å²) in [6, 6.07) is 22.8. The summed E-state index contributed by atoms with van der Waals surface area (Å²) in [5.41, 5.74) is 9.20. The first kappa shape index (κ1) is 12.5. The largest absolute Gasteiger partial charge is 0.397 e. The van der Waals surface area contributed by atoms with Gasteiger partial charge in [-0.1, -0.05) is 48.5 Å². The lowest BCUT2D eigenvalue weighted by Gasteiger charge is -2.26. The van der Waals surface area contributed by atoms with Gasteiger partial charge >= 0.3 is 0 Å². The maximum absolute atomic E-state index is 6.14. The van der Waals surface area contributed by atoms with Gasteiger partial charge in [0.2, 0.25) is 0 Å². The number of nitrogen functional groups attached to an aromatic ring is 1. The van der Waals surface area contributed by atoms with Gasteiger partial charge in [-0.05, 0) is 30.5 Å². The van der Waals surface area contributed by atoms with Gasteiger partial charge in [0, 0.05) is 17.6 Å². The Morgan fingerprint density at radius 3 is 2.25 bits per heavy atom. The van der Waals surface area contributed by atoms with Crippen LogP contribution in [0.1, 0.15) is 6.92 Å². The Morgan fingerprint density at radius 1 is 0.800 bits per heavy atom. The maximum atomic E-state index is 6.14. The average Bonchev–Trinajstić information content (AvgIpc) is 2.50. The van der Waals surface area contributed by atoms with E-state index in [1.54, 1.807) is 0 Å². The second-order valence-electron chi connectivity index (χ2n) is 4.80. The first-order valence-electron chi connectivity index (χ1n) is 6.91. The van der Waals surface area contributed by atoms with Crippen molar-refractivity contribution in [2.24, 2.45) is 0 Å². The first-order valence-corrected chi connectivity index (χ1v) is 6.91. The Labute approximate surface area is 119 Å². The lowest BCUT2D eigenvalue weighted by Crippen LogP contribution is -2.17. The van der Waals surface area contributed by atoms with Gasteiger partial charge in [-0.25, -0.2) is 0 Å². The molecule has 100 valence electrons. The third-order valence-electron chi connectivity index (χ3n) is 3.60. The third-order valence-corrected chi connectivity index (χ3v) is 3.60. The molecule has 2 heteroatoms. The molecule has 0 amide bonds. The topological polar surface area (TPSA) is 29.3 Å². The molecule has 2 nitrogen and oxygen atoms in total. The molecule has 0 unspecified atom stereocenters. The molecular formula is C18H18N2. The van der Waals surface area contributed by atoms with Crippen molar-refractivity contribution in [3.8, 4) is 0 Å². The minimum absolute atomic E-state index is 0.808. The second-order valence-corrected chi connectivity index (χ2v) is 4.80. The third kappa shape index (κ3) is 2.10. The van der Waals surface area contributed by atoms with Gasteiger partial charge in [-0.2, -0.15) is 0 Å². The molecular weight excluding hydrogens is 244 g/mol. The van der Waals surface area contributed by atoms with E-state index < -0.39 is 0 Å². The fourth-order valence-electron chi connectivity index (χ4n) is 2.65. The van der Waals surface area contributed by atoms with Crippen LogP contribution in [-0.4, -0.2) is 6.54 Å². The number of nitrogens with two attached hydrogens (primary N) is 1. The van der Waals surface area contributed by atoms with Crippen LogP contribution in [0.4, 0.5) is 17.1 Å². The predicted molar refractivity (Wildman–Crippen MR) is 87.5 cm³/mol. The van der Waals surface area contributed by atoms with Crippen LogP contribution in [0.5, 0.6) is 0 Å². The normalized spacial score (nSPS) is 10.7. The fraction of sp³-hybridized carbons (Fsp3) is 0.111. The number of anilines is 3. The van der Waals surface area contributed by atoms with E-state index >= 15 is 0 Å². The van der Waals surface area contributed by atoms with E-state index in [1.165, 1.54) is 16.5 Å². The summed E-state index contributed by atoms with van der Waals surface area (Å²) in [6.07, 6.45) is 0. The lowest BCUT2D eigenvalue weighted by molar-refractivity contribution is 1.03. The highest BCUT2D eigenvalue weighted by Gasteiger charge is 2.12. The van der Waals surface area contributed by atoms with Crippen molar-refractivity contribution >= 4 is 27.8 Å². The van der Waals surface area contributed by atoms with E-state index in [1.807, 2.05) is 18.2 Å². The number of rotatable bonds is 3. The van der Waals surface area contributed by atoms with Crippen LogP contribution in [0.25, 0.3) is 10.8 Å². The molecule has 0 atom stereocenters. The Bertz CT molecular complexity index is 729. The molecule has 0 saturated heterocycles. The molecule has 3 rings (SSSR count). The van der Waals surface area contributed by atoms with Crippen molar-refractivity contribution in [1.29, 1.82) is 0 Å². The smallest absolute Gasteiger partial charge is 0.0644 e. The van der Waals surface area contributed by atoms with Crippen LogP contribution in [0.2, 0.25) is 0 Å². The molecule has 3 aromatic carbocycles. The van der Waals surface area contributed by atoms with E-state index in [0.717, 1.165) is 17.9 Å². The van der Waals surface area contributed by atoms with Crippen molar-refractivity contribution in [2.75, 3.05) is 17.2 Å². The van der Waals surface area contributed by atoms with Crippen molar-refractivity contribution in [3.63, 3.8) is 0 Å². The Kier molecular flexibility index (Phi) is 3.30. The number of benzene rings is 3. The van der Waals surface area contributed by atoms with Crippen LogP contribution < -0.4 is 10.6 Å². The molecule has 0 heterocycles. The van der Waals surface area contributed by atoms with Crippen molar-refractivity contribution in [1.82, 2.24) is 0 Å². The number of hydrogen-bond acceptors (Lipinski definition) is 2. The van der Waals surface area contributed by atoms with Crippen molar-refractivity contribution in [3.05, 3.63) is 66.7 Å². The molecule has 0 aliphatic rings. The first-order chi connectivity index (χ1) is 9.81. The van der Waals surface area contributed by atoms with Crippen LogP contribution in [0, 0.1) is 0 Å². The van der Waals surface area contributed by atoms with Gasteiger partial charge in [0.25, 0.3) is 0 Å². The highest BCUT2D eigenvalue weighted by molar-refractivity contribution is 5.97. The molecule has 0 aliphatic heterocycles. The Hall–Kier alpha value is -2.48. The number of nitrogens with zero attached hydrogens (tertiary/aromatic N) is 1. The summed E-state index contributed by atoms with van der Waals surface area (Å²) in [4.78, 5) is 2.26. The number of para-hydroxylation sites is 2. The predicted octanol–water partition coefficient (Wildman–Crippen LogP) is 4.58. The van der Waals surface area contributed by atoms with E-state index in [9.17, 15) is 0 Å².